The van der Waals surface area contributed by atoms with Crippen molar-refractivity contribution in [3.05, 3.63) is 48.5 Å². The lowest BCUT2D eigenvalue weighted by Gasteiger charge is -2.34. The number of benzene rings is 2. The van der Waals surface area contributed by atoms with Crippen LogP contribution in [0.4, 0.5) is 0 Å². The fourth-order valence-corrected chi connectivity index (χ4v) is 7.12. The highest BCUT2D eigenvalue weighted by Crippen LogP contribution is 2.37. The van der Waals surface area contributed by atoms with E-state index in [4.69, 9.17) is 14.2 Å². The van der Waals surface area contributed by atoms with Gasteiger partial charge in [-0.3, -0.25) is 19.2 Å². The quantitative estimate of drug-likeness (QED) is 0.269. The van der Waals surface area contributed by atoms with E-state index in [-0.39, 0.29) is 30.7 Å². The molecule has 12 nitrogen and oxygen atoms in total. The first-order valence-corrected chi connectivity index (χ1v) is 17.6. The van der Waals surface area contributed by atoms with Crippen molar-refractivity contribution in [2.75, 3.05) is 20.8 Å². The summed E-state index contributed by atoms with van der Waals surface area (Å²) in [5.41, 5.74) is 0.894. The Kier molecular flexibility index (Phi) is 11.7. The van der Waals surface area contributed by atoms with Crippen molar-refractivity contribution in [2.24, 2.45) is 11.8 Å². The minimum Gasteiger partial charge on any atom is -0.497 e. The second-order valence-corrected chi connectivity index (χ2v) is 14.1. The Hall–Kier alpha value is -4.61. The standard InChI is InChI=1S/C38H50N4O8/c1-23(2)32(40-35(45)33(39-24(3)43)27-9-7-6-8-10-27)36(46)42-22-30(21-31(42)34(44)41-38(19-20-38)37(47)49-5)50-29-17-13-26(14-18-29)25-11-15-28(48-4)16-12-25/h11-18,23,27,30-33H,6-10,19-22H2,1-5H3,(H,39,43)(H,40,45)(H,41,44). The molecule has 2 aliphatic carbocycles. The number of nitrogens with zero attached hydrogens (tertiary/aromatic N) is 1. The molecule has 2 aromatic rings. The third kappa shape index (κ3) is 8.57. The highest BCUT2D eigenvalue weighted by molar-refractivity contribution is 5.97. The zero-order valence-corrected chi connectivity index (χ0v) is 29.7. The number of methoxy groups -OCH3 is 2. The maximum Gasteiger partial charge on any atom is 0.331 e. The van der Waals surface area contributed by atoms with Crippen LogP contribution in [0.3, 0.4) is 0 Å². The second-order valence-electron chi connectivity index (χ2n) is 14.1. The van der Waals surface area contributed by atoms with Crippen molar-refractivity contribution in [2.45, 2.75) is 102 Å². The predicted molar refractivity (Wildman–Crippen MR) is 186 cm³/mol. The van der Waals surface area contributed by atoms with Crippen molar-refractivity contribution in [3.63, 3.8) is 0 Å². The fourth-order valence-electron chi connectivity index (χ4n) is 7.12. The number of carbonyl (C=O) groups excluding carboxylic acids is 5. The minimum absolute atomic E-state index is 0.0252. The molecule has 1 saturated heterocycles. The van der Waals surface area contributed by atoms with Crippen LogP contribution in [0, 0.1) is 11.8 Å². The Morgan fingerprint density at radius 1 is 0.840 bits per heavy atom. The van der Waals surface area contributed by atoms with Crippen molar-refractivity contribution >= 4 is 29.6 Å². The molecule has 4 unspecified atom stereocenters. The maximum absolute atomic E-state index is 14.4. The molecule has 4 amide bonds. The highest BCUT2D eigenvalue weighted by Gasteiger charge is 2.54. The summed E-state index contributed by atoms with van der Waals surface area (Å²) in [5.74, 6) is -1.15. The molecule has 1 heterocycles. The van der Waals surface area contributed by atoms with Gasteiger partial charge in [0, 0.05) is 13.3 Å². The average molecular weight is 691 g/mol. The SMILES string of the molecule is COC(=O)C1(NC(=O)C2CC(Oc3ccc(-c4ccc(OC)cc4)cc3)CN2C(=O)C(NC(=O)C(NC(C)=O)C2CCCCC2)C(C)C)CC1. The Labute approximate surface area is 294 Å². The van der Waals surface area contributed by atoms with Crippen molar-refractivity contribution in [3.8, 4) is 22.6 Å². The van der Waals surface area contributed by atoms with E-state index < -0.39 is 53.5 Å². The summed E-state index contributed by atoms with van der Waals surface area (Å²) < 4.78 is 16.5. The molecule has 0 aromatic heterocycles. The van der Waals surface area contributed by atoms with Gasteiger partial charge < -0.3 is 35.1 Å². The van der Waals surface area contributed by atoms with E-state index >= 15 is 0 Å². The number of rotatable bonds is 13. The van der Waals surface area contributed by atoms with Crippen molar-refractivity contribution in [1.82, 2.24) is 20.9 Å². The van der Waals surface area contributed by atoms with E-state index in [0.29, 0.717) is 18.6 Å². The van der Waals surface area contributed by atoms with Gasteiger partial charge in [-0.1, -0.05) is 57.4 Å². The molecule has 12 heteroatoms. The number of hydrogen-bond donors (Lipinski definition) is 3. The summed E-state index contributed by atoms with van der Waals surface area (Å²) in [6, 6.07) is 12.6. The van der Waals surface area contributed by atoms with Gasteiger partial charge in [0.15, 0.2) is 0 Å². The summed E-state index contributed by atoms with van der Waals surface area (Å²) in [6.07, 6.45) is 5.21. The second kappa shape index (κ2) is 15.9. The number of hydrogen-bond acceptors (Lipinski definition) is 8. The summed E-state index contributed by atoms with van der Waals surface area (Å²) in [7, 11) is 2.90. The third-order valence-corrected chi connectivity index (χ3v) is 10.1. The Bertz CT molecular complexity index is 1530. The summed E-state index contributed by atoms with van der Waals surface area (Å²) in [5, 5.41) is 8.61. The van der Waals surface area contributed by atoms with Crippen LogP contribution in [-0.4, -0.2) is 85.0 Å². The molecule has 2 saturated carbocycles. The van der Waals surface area contributed by atoms with Crippen LogP contribution < -0.4 is 25.4 Å². The number of esters is 1. The van der Waals surface area contributed by atoms with E-state index in [1.54, 1.807) is 7.11 Å². The normalized spacial score (nSPS) is 21.0. The van der Waals surface area contributed by atoms with Crippen LogP contribution in [0.25, 0.3) is 11.1 Å². The van der Waals surface area contributed by atoms with Gasteiger partial charge in [0.05, 0.1) is 20.8 Å². The molecule has 0 radical (unpaired) electrons. The average Bonchev–Trinajstić information content (AvgIpc) is 3.78. The first-order chi connectivity index (χ1) is 23.9. The molecule has 50 heavy (non-hydrogen) atoms. The lowest BCUT2D eigenvalue weighted by Crippen LogP contribution is -2.60. The van der Waals surface area contributed by atoms with Crippen molar-refractivity contribution in [1.29, 1.82) is 0 Å². The number of nitrogens with one attached hydrogen (secondary N) is 3. The molecule has 270 valence electrons. The summed E-state index contributed by atoms with van der Waals surface area (Å²) in [6.45, 7) is 5.14. The topological polar surface area (TPSA) is 152 Å². The van der Waals surface area contributed by atoms with Gasteiger partial charge in [-0.2, -0.15) is 0 Å². The van der Waals surface area contributed by atoms with Gasteiger partial charge >= 0.3 is 5.97 Å². The molecule has 0 bridgehead atoms. The number of carbonyl (C=O) groups is 5. The zero-order valence-electron chi connectivity index (χ0n) is 29.7. The van der Waals surface area contributed by atoms with Gasteiger partial charge in [-0.15, -0.1) is 0 Å². The van der Waals surface area contributed by atoms with Crippen LogP contribution in [0.2, 0.25) is 0 Å². The van der Waals surface area contributed by atoms with Gasteiger partial charge in [0.1, 0.15) is 41.3 Å². The third-order valence-electron chi connectivity index (χ3n) is 10.1. The van der Waals surface area contributed by atoms with E-state index in [1.165, 1.54) is 18.9 Å². The molecule has 3 N–H and O–H groups in total. The van der Waals surface area contributed by atoms with Gasteiger partial charge in [0.2, 0.25) is 23.6 Å². The summed E-state index contributed by atoms with van der Waals surface area (Å²) >= 11 is 0. The van der Waals surface area contributed by atoms with E-state index in [2.05, 4.69) is 16.0 Å². The van der Waals surface area contributed by atoms with Crippen LogP contribution in [-0.2, 0) is 28.7 Å². The zero-order chi connectivity index (χ0) is 36.0. The van der Waals surface area contributed by atoms with Gasteiger partial charge in [0.25, 0.3) is 0 Å². The molecule has 2 aromatic carbocycles. The molecule has 1 aliphatic heterocycles. The van der Waals surface area contributed by atoms with E-state index in [1.807, 2.05) is 62.4 Å². The lowest BCUT2D eigenvalue weighted by atomic mass is 9.83. The number of amides is 4. The maximum atomic E-state index is 14.4. The first-order valence-electron chi connectivity index (χ1n) is 17.6. The van der Waals surface area contributed by atoms with E-state index in [9.17, 15) is 24.0 Å². The van der Waals surface area contributed by atoms with E-state index in [0.717, 1.165) is 49.0 Å². The highest BCUT2D eigenvalue weighted by atomic mass is 16.5. The van der Waals surface area contributed by atoms with Crippen LogP contribution in [0.15, 0.2) is 48.5 Å². The fraction of sp³-hybridized carbons (Fsp3) is 0.553. The molecule has 3 aliphatic rings. The molecule has 4 atom stereocenters. The minimum atomic E-state index is -1.10. The van der Waals surface area contributed by atoms with Crippen molar-refractivity contribution < 1.29 is 38.2 Å². The number of ether oxygens (including phenoxy) is 3. The van der Waals surface area contributed by atoms with Crippen LogP contribution in [0.5, 0.6) is 11.5 Å². The Balaban J connectivity index is 1.34. The smallest absolute Gasteiger partial charge is 0.331 e. The lowest BCUT2D eigenvalue weighted by molar-refractivity contribution is -0.148. The van der Waals surface area contributed by atoms with Crippen LogP contribution >= 0.6 is 0 Å². The van der Waals surface area contributed by atoms with Gasteiger partial charge in [-0.05, 0) is 72.9 Å². The predicted octanol–water partition coefficient (Wildman–Crippen LogP) is 3.76. The molecule has 0 spiro atoms. The van der Waals surface area contributed by atoms with Gasteiger partial charge in [-0.25, -0.2) is 4.79 Å². The monoisotopic (exact) mass is 690 g/mol. The van der Waals surface area contributed by atoms with Crippen LogP contribution in [0.1, 0.15) is 72.1 Å². The molecular weight excluding hydrogens is 640 g/mol. The molecular formula is C38H50N4O8. The first kappa shape index (κ1) is 36.7. The molecule has 3 fully saturated rings. The summed E-state index contributed by atoms with van der Waals surface area (Å²) in [4.78, 5) is 68.0. The Morgan fingerprint density at radius 3 is 1.96 bits per heavy atom. The number of likely N-dealkylation sites (tertiary alicyclic amines) is 1. The largest absolute Gasteiger partial charge is 0.497 e. The molecule has 5 rings (SSSR count). The Morgan fingerprint density at radius 2 is 1.44 bits per heavy atom.